The van der Waals surface area contributed by atoms with Gasteiger partial charge in [-0.05, 0) is 30.7 Å². The van der Waals surface area contributed by atoms with Gasteiger partial charge in [0.15, 0.2) is 0 Å². The molecule has 0 radical (unpaired) electrons. The van der Waals surface area contributed by atoms with E-state index in [1.165, 1.54) is 57.8 Å². The van der Waals surface area contributed by atoms with Crippen molar-refractivity contribution < 1.29 is 19.1 Å². The first-order valence-corrected chi connectivity index (χ1v) is 10.9. The average Bonchev–Trinajstić information content (AvgIpc) is 3.11. The smallest absolute Gasteiger partial charge is 0.328 e. The maximum Gasteiger partial charge on any atom is 0.328 e. The summed E-state index contributed by atoms with van der Waals surface area (Å²) in [6, 6.07) is 6.53. The van der Waals surface area contributed by atoms with Crippen LogP contribution in [-0.2, 0) is 9.53 Å². The Morgan fingerprint density at radius 3 is 2.18 bits per heavy atom. The number of esters is 1. The lowest BCUT2D eigenvalue weighted by atomic mass is 10.1. The van der Waals surface area contributed by atoms with Crippen LogP contribution in [0.4, 0.5) is 0 Å². The molecule has 1 fully saturated rings. The van der Waals surface area contributed by atoms with E-state index in [4.69, 9.17) is 9.47 Å². The van der Waals surface area contributed by atoms with Gasteiger partial charge in [0.25, 0.3) is 5.91 Å². The number of nitrogens with one attached hydrogen (secondary N) is 1. The summed E-state index contributed by atoms with van der Waals surface area (Å²) in [5.74, 6) is 0.155. The van der Waals surface area contributed by atoms with Gasteiger partial charge in [-0.2, -0.15) is 0 Å². The second-order valence-corrected chi connectivity index (χ2v) is 7.54. The van der Waals surface area contributed by atoms with Crippen molar-refractivity contribution in [2.45, 2.75) is 83.6 Å². The molecule has 0 spiro atoms. The van der Waals surface area contributed by atoms with E-state index < -0.39 is 6.04 Å². The van der Waals surface area contributed by atoms with Crippen LogP contribution in [0.2, 0.25) is 0 Å². The topological polar surface area (TPSA) is 64.6 Å². The second kappa shape index (κ2) is 13.2. The molecule has 1 aromatic carbocycles. The lowest BCUT2D eigenvalue weighted by molar-refractivity contribution is -0.139. The molecule has 0 unspecified atom stereocenters. The predicted octanol–water partition coefficient (Wildman–Crippen LogP) is 5.03. The Bertz CT molecular complexity index is 585. The standard InChI is InChI=1S/C23H35NO4/c1-2-3-4-5-6-7-8-9-10-11-17-27-20-14-12-19(13-15-20)22(25)24-21-16-18-28-23(21)26/h12-15,21H,2-11,16-18H2,1H3,(H,24,25)/t21-/m0/s1. The Labute approximate surface area is 169 Å². The molecule has 0 bridgehead atoms. The zero-order valence-electron chi connectivity index (χ0n) is 17.2. The highest BCUT2D eigenvalue weighted by molar-refractivity contribution is 5.97. The van der Waals surface area contributed by atoms with Crippen molar-refractivity contribution in [1.82, 2.24) is 5.32 Å². The van der Waals surface area contributed by atoms with Gasteiger partial charge >= 0.3 is 5.97 Å². The third-order valence-electron chi connectivity index (χ3n) is 5.12. The van der Waals surface area contributed by atoms with Gasteiger partial charge in [0, 0.05) is 12.0 Å². The Morgan fingerprint density at radius 1 is 1.00 bits per heavy atom. The molecule has 2 rings (SSSR count). The largest absolute Gasteiger partial charge is 0.494 e. The molecule has 1 aliphatic heterocycles. The zero-order valence-corrected chi connectivity index (χ0v) is 17.2. The van der Waals surface area contributed by atoms with E-state index in [-0.39, 0.29) is 11.9 Å². The van der Waals surface area contributed by atoms with Crippen LogP contribution < -0.4 is 10.1 Å². The minimum atomic E-state index is -0.528. The Morgan fingerprint density at radius 2 is 1.61 bits per heavy atom. The van der Waals surface area contributed by atoms with E-state index >= 15 is 0 Å². The fourth-order valence-electron chi connectivity index (χ4n) is 3.35. The quantitative estimate of drug-likeness (QED) is 0.358. The van der Waals surface area contributed by atoms with Gasteiger partial charge in [-0.15, -0.1) is 0 Å². The van der Waals surface area contributed by atoms with Crippen molar-refractivity contribution >= 4 is 11.9 Å². The van der Waals surface area contributed by atoms with Crippen LogP contribution in [0.25, 0.3) is 0 Å². The fraction of sp³-hybridized carbons (Fsp3) is 0.652. The first kappa shape index (κ1) is 22.3. The summed E-state index contributed by atoms with van der Waals surface area (Å²) in [6.45, 7) is 3.33. The van der Waals surface area contributed by atoms with E-state index in [1.807, 2.05) is 0 Å². The number of rotatable bonds is 14. The highest BCUT2D eigenvalue weighted by atomic mass is 16.5. The fourth-order valence-corrected chi connectivity index (χ4v) is 3.35. The molecule has 1 aliphatic rings. The van der Waals surface area contributed by atoms with Crippen molar-refractivity contribution in [2.24, 2.45) is 0 Å². The third kappa shape index (κ3) is 8.32. The first-order valence-electron chi connectivity index (χ1n) is 10.9. The highest BCUT2D eigenvalue weighted by Gasteiger charge is 2.28. The van der Waals surface area contributed by atoms with Crippen LogP contribution >= 0.6 is 0 Å². The van der Waals surface area contributed by atoms with Gasteiger partial charge in [-0.3, -0.25) is 4.79 Å². The van der Waals surface area contributed by atoms with Gasteiger partial charge in [-0.1, -0.05) is 64.7 Å². The van der Waals surface area contributed by atoms with E-state index in [9.17, 15) is 9.59 Å². The van der Waals surface area contributed by atoms with Crippen molar-refractivity contribution in [3.05, 3.63) is 29.8 Å². The molecule has 5 nitrogen and oxygen atoms in total. The van der Waals surface area contributed by atoms with Crippen molar-refractivity contribution in [3.63, 3.8) is 0 Å². The normalized spacial score (nSPS) is 16.0. The summed E-state index contributed by atoms with van der Waals surface area (Å²) in [5.41, 5.74) is 0.519. The molecule has 156 valence electrons. The molecular weight excluding hydrogens is 354 g/mol. The van der Waals surface area contributed by atoms with E-state index in [0.717, 1.165) is 12.2 Å². The number of unbranched alkanes of at least 4 members (excludes halogenated alkanes) is 9. The number of cyclic esters (lactones) is 1. The maximum absolute atomic E-state index is 12.2. The molecule has 0 aliphatic carbocycles. The molecule has 0 saturated carbocycles. The Hall–Kier alpha value is -2.04. The van der Waals surface area contributed by atoms with Crippen LogP contribution in [0.1, 0.15) is 87.9 Å². The monoisotopic (exact) mass is 389 g/mol. The summed E-state index contributed by atoms with van der Waals surface area (Å²) in [6.07, 6.45) is 13.6. The van der Waals surface area contributed by atoms with Gasteiger partial charge in [0.2, 0.25) is 0 Å². The van der Waals surface area contributed by atoms with Gasteiger partial charge in [0.05, 0.1) is 13.2 Å². The van der Waals surface area contributed by atoms with Crippen molar-refractivity contribution in [2.75, 3.05) is 13.2 Å². The first-order chi connectivity index (χ1) is 13.7. The summed E-state index contributed by atoms with van der Waals surface area (Å²) < 4.78 is 10.6. The molecule has 1 aromatic rings. The minimum Gasteiger partial charge on any atom is -0.494 e. The highest BCUT2D eigenvalue weighted by Crippen LogP contribution is 2.15. The Balaban J connectivity index is 1.53. The van der Waals surface area contributed by atoms with Crippen LogP contribution in [0.3, 0.4) is 0 Å². The summed E-state index contributed by atoms with van der Waals surface area (Å²) in [5, 5.41) is 2.70. The SMILES string of the molecule is CCCCCCCCCCCCOc1ccc(C(=O)N[C@H]2CCOC2=O)cc1. The molecule has 1 heterocycles. The lowest BCUT2D eigenvalue weighted by Gasteiger charge is -2.10. The molecular formula is C23H35NO4. The number of ether oxygens (including phenoxy) is 2. The van der Waals surface area contributed by atoms with Crippen LogP contribution in [-0.4, -0.2) is 31.1 Å². The molecule has 1 saturated heterocycles. The summed E-state index contributed by atoms with van der Waals surface area (Å²) >= 11 is 0. The summed E-state index contributed by atoms with van der Waals surface area (Å²) in [7, 11) is 0. The van der Waals surface area contributed by atoms with E-state index in [2.05, 4.69) is 12.2 Å². The van der Waals surface area contributed by atoms with Crippen LogP contribution in [0.15, 0.2) is 24.3 Å². The van der Waals surface area contributed by atoms with Gasteiger partial charge < -0.3 is 14.8 Å². The second-order valence-electron chi connectivity index (χ2n) is 7.54. The molecule has 1 atom stereocenters. The molecule has 0 aromatic heterocycles. The number of benzene rings is 1. The zero-order chi connectivity index (χ0) is 20.0. The number of hydrogen-bond donors (Lipinski definition) is 1. The maximum atomic E-state index is 12.2. The molecule has 28 heavy (non-hydrogen) atoms. The van der Waals surface area contributed by atoms with E-state index in [0.29, 0.717) is 25.2 Å². The number of carbonyl (C=O) groups excluding carboxylic acids is 2. The number of carbonyl (C=O) groups is 2. The van der Waals surface area contributed by atoms with E-state index in [1.54, 1.807) is 24.3 Å². The third-order valence-corrected chi connectivity index (χ3v) is 5.12. The number of hydrogen-bond acceptors (Lipinski definition) is 4. The number of amides is 1. The molecule has 5 heteroatoms. The van der Waals surface area contributed by atoms with Gasteiger partial charge in [0.1, 0.15) is 11.8 Å². The minimum absolute atomic E-state index is 0.259. The summed E-state index contributed by atoms with van der Waals surface area (Å²) in [4.78, 5) is 23.6. The lowest BCUT2D eigenvalue weighted by Crippen LogP contribution is -2.37. The van der Waals surface area contributed by atoms with Crippen molar-refractivity contribution in [3.8, 4) is 5.75 Å². The Kier molecular flexibility index (Phi) is 10.5. The van der Waals surface area contributed by atoms with Crippen LogP contribution in [0, 0.1) is 0 Å². The molecule has 1 N–H and O–H groups in total. The van der Waals surface area contributed by atoms with Gasteiger partial charge in [-0.25, -0.2) is 4.79 Å². The molecule has 1 amide bonds. The average molecular weight is 390 g/mol. The van der Waals surface area contributed by atoms with Crippen molar-refractivity contribution in [1.29, 1.82) is 0 Å². The van der Waals surface area contributed by atoms with Crippen LogP contribution in [0.5, 0.6) is 5.75 Å². The predicted molar refractivity (Wildman–Crippen MR) is 111 cm³/mol.